The van der Waals surface area contributed by atoms with Crippen molar-refractivity contribution < 1.29 is 9.15 Å². The smallest absolute Gasteiger partial charge is 0.233 e. The third-order valence-corrected chi connectivity index (χ3v) is 4.66. The molecule has 3 aromatic rings. The number of para-hydroxylation sites is 2. The second-order valence-corrected chi connectivity index (χ2v) is 6.14. The molecule has 130 valence electrons. The van der Waals surface area contributed by atoms with Gasteiger partial charge in [-0.05, 0) is 19.1 Å². The number of methoxy groups -OCH3 is 1. The summed E-state index contributed by atoms with van der Waals surface area (Å²) >= 11 is 0. The summed E-state index contributed by atoms with van der Waals surface area (Å²) in [6, 6.07) is 8.03. The summed E-state index contributed by atoms with van der Waals surface area (Å²) in [6.07, 6.45) is 3.40. The minimum atomic E-state index is 0.144. The van der Waals surface area contributed by atoms with Crippen LogP contribution in [0.3, 0.4) is 0 Å². The Hall–Kier alpha value is -2.67. The van der Waals surface area contributed by atoms with Crippen molar-refractivity contribution in [2.24, 2.45) is 0 Å². The van der Waals surface area contributed by atoms with Gasteiger partial charge in [-0.1, -0.05) is 12.1 Å². The Kier molecular flexibility index (Phi) is 4.23. The Morgan fingerprint density at radius 3 is 2.64 bits per heavy atom. The van der Waals surface area contributed by atoms with Gasteiger partial charge in [0, 0.05) is 26.2 Å². The zero-order valence-electron chi connectivity index (χ0n) is 14.4. The molecule has 25 heavy (non-hydrogen) atoms. The van der Waals surface area contributed by atoms with E-state index in [1.54, 1.807) is 19.5 Å². The molecule has 1 aliphatic rings. The van der Waals surface area contributed by atoms with Gasteiger partial charge in [0.1, 0.15) is 5.52 Å². The molecule has 3 heterocycles. The average Bonchev–Trinajstić information content (AvgIpc) is 3.12. The molecule has 7 nitrogen and oxygen atoms in total. The molecule has 7 heteroatoms. The van der Waals surface area contributed by atoms with Crippen LogP contribution in [0, 0.1) is 0 Å². The van der Waals surface area contributed by atoms with Gasteiger partial charge in [0.05, 0.1) is 25.5 Å². The van der Waals surface area contributed by atoms with E-state index >= 15 is 0 Å². The number of piperazine rings is 1. The molecule has 0 N–H and O–H groups in total. The Labute approximate surface area is 146 Å². The molecule has 0 radical (unpaired) electrons. The maximum absolute atomic E-state index is 5.92. The van der Waals surface area contributed by atoms with Crippen molar-refractivity contribution in [3.8, 4) is 5.88 Å². The van der Waals surface area contributed by atoms with Gasteiger partial charge in [-0.2, -0.15) is 4.98 Å². The zero-order valence-corrected chi connectivity index (χ0v) is 14.4. The first-order valence-corrected chi connectivity index (χ1v) is 8.45. The SMILES string of the molecule is COc1cncc(N2CCN([C@@H](C)c3nc4ccccc4o3)CC2)n1. The fourth-order valence-corrected chi connectivity index (χ4v) is 3.15. The molecule has 1 fully saturated rings. The van der Waals surface area contributed by atoms with Crippen molar-refractivity contribution in [3.05, 3.63) is 42.5 Å². The van der Waals surface area contributed by atoms with Gasteiger partial charge in [0.2, 0.25) is 11.8 Å². The highest BCUT2D eigenvalue weighted by Gasteiger charge is 2.26. The molecule has 0 spiro atoms. The van der Waals surface area contributed by atoms with Gasteiger partial charge in [-0.3, -0.25) is 9.88 Å². The summed E-state index contributed by atoms with van der Waals surface area (Å²) in [7, 11) is 1.60. The van der Waals surface area contributed by atoms with Crippen molar-refractivity contribution in [2.45, 2.75) is 13.0 Å². The lowest BCUT2D eigenvalue weighted by Crippen LogP contribution is -2.47. The van der Waals surface area contributed by atoms with Gasteiger partial charge in [0.15, 0.2) is 11.4 Å². The van der Waals surface area contributed by atoms with Crippen LogP contribution in [0.2, 0.25) is 0 Å². The molecule has 2 aromatic heterocycles. The van der Waals surface area contributed by atoms with Crippen LogP contribution in [0.4, 0.5) is 5.82 Å². The van der Waals surface area contributed by atoms with Crippen molar-refractivity contribution in [1.29, 1.82) is 0 Å². The summed E-state index contributed by atoms with van der Waals surface area (Å²) in [4.78, 5) is 17.9. The molecule has 0 amide bonds. The van der Waals surface area contributed by atoms with E-state index in [0.717, 1.165) is 49.0 Å². The van der Waals surface area contributed by atoms with Crippen LogP contribution in [-0.2, 0) is 0 Å². The number of anilines is 1. The number of aromatic nitrogens is 3. The maximum atomic E-state index is 5.92. The predicted octanol–water partition coefficient (Wildman–Crippen LogP) is 2.51. The van der Waals surface area contributed by atoms with Crippen LogP contribution in [0.5, 0.6) is 5.88 Å². The molecule has 1 aliphatic heterocycles. The molecule has 0 aliphatic carbocycles. The van der Waals surface area contributed by atoms with Gasteiger partial charge in [0.25, 0.3) is 0 Å². The van der Waals surface area contributed by atoms with Crippen LogP contribution < -0.4 is 9.64 Å². The first kappa shape index (κ1) is 15.8. The molecule has 1 aromatic carbocycles. The fraction of sp³-hybridized carbons (Fsp3) is 0.389. The molecule has 0 saturated carbocycles. The fourth-order valence-electron chi connectivity index (χ4n) is 3.15. The second-order valence-electron chi connectivity index (χ2n) is 6.14. The van der Waals surface area contributed by atoms with Gasteiger partial charge < -0.3 is 14.1 Å². The summed E-state index contributed by atoms with van der Waals surface area (Å²) in [5, 5.41) is 0. The van der Waals surface area contributed by atoms with Crippen LogP contribution in [0.1, 0.15) is 18.9 Å². The number of fused-ring (bicyclic) bond motifs is 1. The largest absolute Gasteiger partial charge is 0.480 e. The zero-order chi connectivity index (χ0) is 17.2. The summed E-state index contributed by atoms with van der Waals surface area (Å²) in [5.41, 5.74) is 1.75. The number of hydrogen-bond acceptors (Lipinski definition) is 7. The first-order valence-electron chi connectivity index (χ1n) is 8.45. The summed E-state index contributed by atoms with van der Waals surface area (Å²) < 4.78 is 11.1. The van der Waals surface area contributed by atoms with E-state index in [2.05, 4.69) is 31.7 Å². The van der Waals surface area contributed by atoms with E-state index in [9.17, 15) is 0 Å². The number of benzene rings is 1. The lowest BCUT2D eigenvalue weighted by Gasteiger charge is -2.37. The van der Waals surface area contributed by atoms with E-state index in [-0.39, 0.29) is 6.04 Å². The number of oxazole rings is 1. The summed E-state index contributed by atoms with van der Waals surface area (Å²) in [5.74, 6) is 2.17. The number of rotatable bonds is 4. The van der Waals surface area contributed by atoms with Crippen molar-refractivity contribution in [1.82, 2.24) is 19.9 Å². The Balaban J connectivity index is 1.44. The van der Waals surface area contributed by atoms with E-state index < -0.39 is 0 Å². The van der Waals surface area contributed by atoms with E-state index in [4.69, 9.17) is 9.15 Å². The Morgan fingerprint density at radius 1 is 1.08 bits per heavy atom. The van der Waals surface area contributed by atoms with E-state index in [1.807, 2.05) is 24.3 Å². The number of ether oxygens (including phenoxy) is 1. The van der Waals surface area contributed by atoms with Crippen LogP contribution in [0.25, 0.3) is 11.1 Å². The van der Waals surface area contributed by atoms with Crippen LogP contribution >= 0.6 is 0 Å². The number of hydrogen-bond donors (Lipinski definition) is 0. The second kappa shape index (κ2) is 6.68. The maximum Gasteiger partial charge on any atom is 0.233 e. The molecule has 4 rings (SSSR count). The van der Waals surface area contributed by atoms with E-state index in [0.29, 0.717) is 5.88 Å². The molecule has 0 unspecified atom stereocenters. The van der Waals surface area contributed by atoms with Gasteiger partial charge in [-0.15, -0.1) is 0 Å². The lowest BCUT2D eigenvalue weighted by atomic mass is 10.2. The molecule has 0 bridgehead atoms. The van der Waals surface area contributed by atoms with Crippen molar-refractivity contribution >= 4 is 16.9 Å². The highest BCUT2D eigenvalue weighted by molar-refractivity contribution is 5.72. The molecular weight excluding hydrogens is 318 g/mol. The molecular formula is C18H21N5O2. The highest BCUT2D eigenvalue weighted by Crippen LogP contribution is 2.26. The quantitative estimate of drug-likeness (QED) is 0.723. The van der Waals surface area contributed by atoms with Crippen molar-refractivity contribution in [3.63, 3.8) is 0 Å². The third kappa shape index (κ3) is 3.15. The standard InChI is InChI=1S/C18H21N5O2/c1-13(18-20-14-5-3-4-6-15(14)25-18)22-7-9-23(10-8-22)16-11-19-12-17(21-16)24-2/h3-6,11-13H,7-10H2,1-2H3/t13-/m0/s1. The minimum Gasteiger partial charge on any atom is -0.480 e. The normalized spacial score (nSPS) is 17.0. The minimum absolute atomic E-state index is 0.144. The summed E-state index contributed by atoms with van der Waals surface area (Å²) in [6.45, 7) is 5.74. The van der Waals surface area contributed by atoms with Crippen molar-refractivity contribution in [2.75, 3.05) is 38.2 Å². The first-order chi connectivity index (χ1) is 12.2. The van der Waals surface area contributed by atoms with E-state index in [1.165, 1.54) is 0 Å². The van der Waals surface area contributed by atoms with Gasteiger partial charge in [-0.25, -0.2) is 4.98 Å². The Bertz CT molecular complexity index is 824. The van der Waals surface area contributed by atoms with Crippen LogP contribution in [-0.4, -0.2) is 53.1 Å². The van der Waals surface area contributed by atoms with Crippen LogP contribution in [0.15, 0.2) is 41.1 Å². The Morgan fingerprint density at radius 2 is 1.88 bits per heavy atom. The predicted molar refractivity (Wildman–Crippen MR) is 94.8 cm³/mol. The molecule has 1 saturated heterocycles. The molecule has 1 atom stereocenters. The lowest BCUT2D eigenvalue weighted by molar-refractivity contribution is 0.174. The highest BCUT2D eigenvalue weighted by atomic mass is 16.5. The topological polar surface area (TPSA) is 67.5 Å². The third-order valence-electron chi connectivity index (χ3n) is 4.66. The average molecular weight is 339 g/mol. The monoisotopic (exact) mass is 339 g/mol. The number of nitrogens with zero attached hydrogens (tertiary/aromatic N) is 5. The van der Waals surface area contributed by atoms with Gasteiger partial charge >= 0.3 is 0 Å².